The lowest BCUT2D eigenvalue weighted by atomic mass is 10.3. The van der Waals surface area contributed by atoms with Crippen molar-refractivity contribution in [1.29, 1.82) is 0 Å². The third kappa shape index (κ3) is 4.90. The summed E-state index contributed by atoms with van der Waals surface area (Å²) < 4.78 is 1.06. The Labute approximate surface area is 131 Å². The van der Waals surface area contributed by atoms with Crippen molar-refractivity contribution in [3.8, 4) is 0 Å². The van der Waals surface area contributed by atoms with Crippen molar-refractivity contribution in [3.63, 3.8) is 0 Å². The summed E-state index contributed by atoms with van der Waals surface area (Å²) in [5.74, 6) is 0.766. The van der Waals surface area contributed by atoms with E-state index in [1.165, 1.54) is 0 Å². The van der Waals surface area contributed by atoms with Crippen molar-refractivity contribution in [3.05, 3.63) is 53.0 Å². The molecule has 0 aliphatic rings. The number of halogens is 1. The Kier molecular flexibility index (Phi) is 5.49. The Morgan fingerprint density at radius 3 is 2.40 bits per heavy atom. The highest BCUT2D eigenvalue weighted by atomic mass is 79.9. The second-order valence-electron chi connectivity index (χ2n) is 4.22. The van der Waals surface area contributed by atoms with E-state index in [9.17, 15) is 4.79 Å². The highest BCUT2D eigenvalue weighted by Crippen LogP contribution is 2.21. The molecule has 0 heterocycles. The molecule has 1 amide bonds. The molecule has 0 aliphatic carbocycles. The predicted molar refractivity (Wildman–Crippen MR) is 89.0 cm³/mol. The van der Waals surface area contributed by atoms with E-state index >= 15 is 0 Å². The Morgan fingerprint density at radius 2 is 1.75 bits per heavy atom. The molecule has 0 fully saturated rings. The van der Waals surface area contributed by atoms with E-state index < -0.39 is 0 Å². The molecule has 0 unspecified atom stereocenters. The van der Waals surface area contributed by atoms with Crippen LogP contribution >= 0.6 is 27.7 Å². The lowest BCUT2D eigenvalue weighted by Crippen LogP contribution is -2.12. The summed E-state index contributed by atoms with van der Waals surface area (Å²) >= 11 is 5.07. The van der Waals surface area contributed by atoms with E-state index in [1.54, 1.807) is 36.0 Å². The van der Waals surface area contributed by atoms with Crippen LogP contribution in [0.4, 0.5) is 11.4 Å². The standard InChI is InChI=1S/C15H15BrN2OS/c16-11-1-7-14(8-2-11)20-10-9-15(19)18-13-5-3-12(17)4-6-13/h1-8H,9-10,17H2,(H,18,19). The van der Waals surface area contributed by atoms with Gasteiger partial charge in [-0.2, -0.15) is 0 Å². The third-order valence-corrected chi connectivity index (χ3v) is 4.15. The SMILES string of the molecule is Nc1ccc(NC(=O)CCSc2ccc(Br)cc2)cc1. The van der Waals surface area contributed by atoms with Gasteiger partial charge in [0.15, 0.2) is 0 Å². The zero-order chi connectivity index (χ0) is 14.4. The molecule has 0 bridgehead atoms. The van der Waals surface area contributed by atoms with Gasteiger partial charge in [0.2, 0.25) is 5.91 Å². The van der Waals surface area contributed by atoms with Crippen molar-refractivity contribution < 1.29 is 4.79 Å². The molecule has 0 saturated heterocycles. The molecule has 0 aromatic heterocycles. The molecule has 104 valence electrons. The van der Waals surface area contributed by atoms with E-state index in [0.29, 0.717) is 12.1 Å². The number of hydrogen-bond acceptors (Lipinski definition) is 3. The van der Waals surface area contributed by atoms with Gasteiger partial charge in [-0.1, -0.05) is 15.9 Å². The molecule has 5 heteroatoms. The number of amides is 1. The lowest BCUT2D eigenvalue weighted by molar-refractivity contribution is -0.115. The fourth-order valence-electron chi connectivity index (χ4n) is 1.58. The quantitative estimate of drug-likeness (QED) is 0.628. The van der Waals surface area contributed by atoms with Crippen LogP contribution in [0, 0.1) is 0 Å². The molecule has 20 heavy (non-hydrogen) atoms. The first-order valence-electron chi connectivity index (χ1n) is 6.17. The van der Waals surface area contributed by atoms with Gasteiger partial charge >= 0.3 is 0 Å². The average molecular weight is 351 g/mol. The molecule has 0 atom stereocenters. The van der Waals surface area contributed by atoms with Crippen molar-refractivity contribution >= 4 is 45.0 Å². The number of nitrogen functional groups attached to an aromatic ring is 1. The molecule has 0 saturated carbocycles. The van der Waals surface area contributed by atoms with Crippen molar-refractivity contribution in [2.75, 3.05) is 16.8 Å². The molecular weight excluding hydrogens is 336 g/mol. The number of hydrogen-bond donors (Lipinski definition) is 2. The number of rotatable bonds is 5. The monoisotopic (exact) mass is 350 g/mol. The predicted octanol–water partition coefficient (Wildman–Crippen LogP) is 4.15. The number of benzene rings is 2. The minimum Gasteiger partial charge on any atom is -0.399 e. The van der Waals surface area contributed by atoms with Crippen molar-refractivity contribution in [2.24, 2.45) is 0 Å². The number of nitrogens with two attached hydrogens (primary N) is 1. The fraction of sp³-hybridized carbons (Fsp3) is 0.133. The summed E-state index contributed by atoms with van der Waals surface area (Å²) in [5.41, 5.74) is 7.06. The molecule has 0 aliphatic heterocycles. The van der Waals surface area contributed by atoms with Gasteiger partial charge in [-0.05, 0) is 48.5 Å². The normalized spacial score (nSPS) is 10.2. The van der Waals surface area contributed by atoms with Crippen LogP contribution in [0.3, 0.4) is 0 Å². The smallest absolute Gasteiger partial charge is 0.225 e. The van der Waals surface area contributed by atoms with Crippen LogP contribution in [-0.2, 0) is 4.79 Å². The summed E-state index contributed by atoms with van der Waals surface area (Å²) in [6.07, 6.45) is 0.477. The maximum absolute atomic E-state index is 11.8. The average Bonchev–Trinajstić information content (AvgIpc) is 2.44. The van der Waals surface area contributed by atoms with Crippen LogP contribution in [0.15, 0.2) is 57.9 Å². The van der Waals surface area contributed by atoms with E-state index in [-0.39, 0.29) is 5.91 Å². The van der Waals surface area contributed by atoms with E-state index in [0.717, 1.165) is 20.8 Å². The summed E-state index contributed by atoms with van der Waals surface area (Å²) in [6, 6.07) is 15.2. The van der Waals surface area contributed by atoms with Crippen LogP contribution in [0.5, 0.6) is 0 Å². The Bertz CT molecular complexity index is 569. The Balaban J connectivity index is 1.75. The zero-order valence-electron chi connectivity index (χ0n) is 10.8. The molecular formula is C15H15BrN2OS. The third-order valence-electron chi connectivity index (χ3n) is 2.61. The molecule has 0 radical (unpaired) electrons. The van der Waals surface area contributed by atoms with Crippen LogP contribution < -0.4 is 11.1 Å². The van der Waals surface area contributed by atoms with E-state index in [2.05, 4.69) is 21.2 Å². The van der Waals surface area contributed by atoms with Gasteiger partial charge in [-0.25, -0.2) is 0 Å². The first-order valence-corrected chi connectivity index (χ1v) is 7.95. The minimum absolute atomic E-state index is 0.0133. The molecule has 2 aromatic rings. The van der Waals surface area contributed by atoms with Gasteiger partial charge in [-0.3, -0.25) is 4.79 Å². The van der Waals surface area contributed by atoms with Gasteiger partial charge in [0.05, 0.1) is 0 Å². The minimum atomic E-state index is 0.0133. The number of thioether (sulfide) groups is 1. The number of anilines is 2. The van der Waals surface area contributed by atoms with E-state index in [1.807, 2.05) is 24.3 Å². The summed E-state index contributed by atoms with van der Waals surface area (Å²) in [5, 5.41) is 2.85. The molecule has 2 aromatic carbocycles. The Hall–Kier alpha value is -1.46. The summed E-state index contributed by atoms with van der Waals surface area (Å²) in [7, 11) is 0. The number of carbonyl (C=O) groups is 1. The largest absolute Gasteiger partial charge is 0.399 e. The highest BCUT2D eigenvalue weighted by Gasteiger charge is 2.03. The summed E-state index contributed by atoms with van der Waals surface area (Å²) in [4.78, 5) is 12.9. The first-order chi connectivity index (χ1) is 9.63. The summed E-state index contributed by atoms with van der Waals surface area (Å²) in [6.45, 7) is 0. The lowest BCUT2D eigenvalue weighted by Gasteiger charge is -2.05. The van der Waals surface area contributed by atoms with Crippen LogP contribution in [0.25, 0.3) is 0 Å². The number of carbonyl (C=O) groups excluding carboxylic acids is 1. The van der Waals surface area contributed by atoms with Crippen molar-refractivity contribution in [1.82, 2.24) is 0 Å². The number of nitrogens with one attached hydrogen (secondary N) is 1. The van der Waals surface area contributed by atoms with Gasteiger partial charge < -0.3 is 11.1 Å². The molecule has 0 spiro atoms. The molecule has 2 rings (SSSR count). The first kappa shape index (κ1) is 14.9. The maximum Gasteiger partial charge on any atom is 0.225 e. The Morgan fingerprint density at radius 1 is 1.10 bits per heavy atom. The zero-order valence-corrected chi connectivity index (χ0v) is 13.2. The maximum atomic E-state index is 11.8. The second-order valence-corrected chi connectivity index (χ2v) is 6.31. The van der Waals surface area contributed by atoms with Gasteiger partial charge in [0, 0.05) is 32.9 Å². The van der Waals surface area contributed by atoms with Crippen LogP contribution in [0.1, 0.15) is 6.42 Å². The van der Waals surface area contributed by atoms with E-state index in [4.69, 9.17) is 5.73 Å². The van der Waals surface area contributed by atoms with Crippen molar-refractivity contribution in [2.45, 2.75) is 11.3 Å². The molecule has 3 N–H and O–H groups in total. The van der Waals surface area contributed by atoms with Crippen LogP contribution in [-0.4, -0.2) is 11.7 Å². The second kappa shape index (κ2) is 7.36. The van der Waals surface area contributed by atoms with Gasteiger partial charge in [0.1, 0.15) is 0 Å². The topological polar surface area (TPSA) is 55.1 Å². The van der Waals surface area contributed by atoms with Crippen LogP contribution in [0.2, 0.25) is 0 Å². The fourth-order valence-corrected chi connectivity index (χ4v) is 2.70. The van der Waals surface area contributed by atoms with Gasteiger partial charge in [-0.15, -0.1) is 11.8 Å². The van der Waals surface area contributed by atoms with Gasteiger partial charge in [0.25, 0.3) is 0 Å². The highest BCUT2D eigenvalue weighted by molar-refractivity contribution is 9.10. The molecule has 3 nitrogen and oxygen atoms in total.